The minimum atomic E-state index is -0.565. The summed E-state index contributed by atoms with van der Waals surface area (Å²) in [5, 5.41) is 33.6. The lowest BCUT2D eigenvalue weighted by atomic mass is 10.5. The molecule has 0 saturated carbocycles. The van der Waals surface area contributed by atoms with Crippen LogP contribution in [0, 0.1) is 20.2 Å². The van der Waals surface area contributed by atoms with Gasteiger partial charge in [-0.1, -0.05) is 0 Å². The van der Waals surface area contributed by atoms with E-state index in [2.05, 4.69) is 20.6 Å². The number of nitrogens with zero attached hydrogens (tertiary/aromatic N) is 5. The molecule has 0 radical (unpaired) electrons. The van der Waals surface area contributed by atoms with Crippen LogP contribution in [0.2, 0.25) is 0 Å². The van der Waals surface area contributed by atoms with E-state index in [-0.39, 0.29) is 17.2 Å². The Kier molecular flexibility index (Phi) is 3.36. The van der Waals surface area contributed by atoms with E-state index in [1.54, 1.807) is 0 Å². The van der Waals surface area contributed by atoms with Crippen molar-refractivity contribution in [2.24, 2.45) is 0 Å². The number of nitro groups is 2. The van der Waals surface area contributed by atoms with Gasteiger partial charge in [-0.25, -0.2) is 0 Å². The van der Waals surface area contributed by atoms with Crippen LogP contribution in [0.15, 0.2) is 18.6 Å². The molecule has 11 nitrogen and oxygen atoms in total. The van der Waals surface area contributed by atoms with Gasteiger partial charge in [-0.15, -0.1) is 0 Å². The molecule has 2 aromatic rings. The Balaban J connectivity index is 1.90. The molecule has 0 amide bonds. The van der Waals surface area contributed by atoms with E-state index in [4.69, 9.17) is 0 Å². The molecule has 0 unspecified atom stereocenters. The van der Waals surface area contributed by atoms with Gasteiger partial charge in [0.1, 0.15) is 18.6 Å². The molecule has 2 aromatic heterocycles. The molecule has 100 valence electrons. The van der Waals surface area contributed by atoms with Crippen molar-refractivity contribution in [3.63, 3.8) is 0 Å². The molecule has 2 N–H and O–H groups in total. The second-order valence-electron chi connectivity index (χ2n) is 3.53. The predicted octanol–water partition coefficient (Wildman–Crippen LogP) is 0.535. The molecule has 0 aliphatic heterocycles. The fourth-order valence-corrected chi connectivity index (χ4v) is 1.41. The number of rotatable bonds is 6. The molecule has 19 heavy (non-hydrogen) atoms. The minimum absolute atomic E-state index is 0.104. The van der Waals surface area contributed by atoms with Gasteiger partial charge in [-0.2, -0.15) is 10.2 Å². The second-order valence-corrected chi connectivity index (χ2v) is 3.53. The maximum absolute atomic E-state index is 10.6. The summed E-state index contributed by atoms with van der Waals surface area (Å²) in [5.74, 6) is 0.187. The number of aromatic nitrogens is 4. The zero-order valence-corrected chi connectivity index (χ0v) is 9.52. The van der Waals surface area contributed by atoms with Crippen molar-refractivity contribution in [3.8, 4) is 0 Å². The molecule has 0 fully saturated rings. The van der Waals surface area contributed by atoms with E-state index in [1.807, 2.05) is 0 Å². The monoisotopic (exact) mass is 267 g/mol. The second kappa shape index (κ2) is 5.12. The Morgan fingerprint density at radius 3 is 2.74 bits per heavy atom. The molecule has 0 aliphatic rings. The van der Waals surface area contributed by atoms with Gasteiger partial charge < -0.3 is 5.32 Å². The van der Waals surface area contributed by atoms with Crippen LogP contribution < -0.4 is 5.32 Å². The first-order valence-corrected chi connectivity index (χ1v) is 5.16. The standard InChI is InChI=1S/C8H9N7O4/c16-14(17)6-3-11-13(5-6)2-1-9-8-7(15(18)19)4-10-12-8/h3-5H,1-2H2,(H2,9,10,12). The minimum Gasteiger partial charge on any atom is -0.363 e. The summed E-state index contributed by atoms with van der Waals surface area (Å²) in [4.78, 5) is 19.9. The van der Waals surface area contributed by atoms with Crippen molar-refractivity contribution >= 4 is 17.2 Å². The zero-order valence-electron chi connectivity index (χ0n) is 9.52. The summed E-state index contributed by atoms with van der Waals surface area (Å²) in [6.07, 6.45) is 3.52. The summed E-state index contributed by atoms with van der Waals surface area (Å²) in [6, 6.07) is 0. The number of hydrogen-bond donors (Lipinski definition) is 2. The maximum Gasteiger partial charge on any atom is 0.330 e. The van der Waals surface area contributed by atoms with Gasteiger partial charge in [0.25, 0.3) is 0 Å². The largest absolute Gasteiger partial charge is 0.363 e. The van der Waals surface area contributed by atoms with E-state index in [0.29, 0.717) is 13.1 Å². The van der Waals surface area contributed by atoms with Crippen LogP contribution in [0.5, 0.6) is 0 Å². The third-order valence-electron chi connectivity index (χ3n) is 2.29. The lowest BCUT2D eigenvalue weighted by Crippen LogP contribution is -2.11. The van der Waals surface area contributed by atoms with Crippen LogP contribution in [0.4, 0.5) is 17.2 Å². The van der Waals surface area contributed by atoms with E-state index in [9.17, 15) is 20.2 Å². The van der Waals surface area contributed by atoms with Crippen LogP contribution in [-0.4, -0.2) is 36.4 Å². The lowest BCUT2D eigenvalue weighted by molar-refractivity contribution is -0.385. The number of anilines is 1. The van der Waals surface area contributed by atoms with Gasteiger partial charge in [0.05, 0.1) is 16.4 Å². The molecule has 0 bridgehead atoms. The van der Waals surface area contributed by atoms with Crippen molar-refractivity contribution in [1.82, 2.24) is 20.0 Å². The van der Waals surface area contributed by atoms with Crippen LogP contribution >= 0.6 is 0 Å². The van der Waals surface area contributed by atoms with Crippen LogP contribution in [0.25, 0.3) is 0 Å². The SMILES string of the molecule is O=[N+]([O-])c1cnn(CCNc2[nH]ncc2[N+](=O)[O-])c1. The van der Waals surface area contributed by atoms with Crippen molar-refractivity contribution in [2.45, 2.75) is 6.54 Å². The van der Waals surface area contributed by atoms with Crippen molar-refractivity contribution in [1.29, 1.82) is 0 Å². The predicted molar refractivity (Wildman–Crippen MR) is 62.6 cm³/mol. The van der Waals surface area contributed by atoms with Crippen molar-refractivity contribution in [2.75, 3.05) is 11.9 Å². The summed E-state index contributed by atoms with van der Waals surface area (Å²) in [5.41, 5.74) is -0.265. The van der Waals surface area contributed by atoms with E-state index in [1.165, 1.54) is 10.9 Å². The highest BCUT2D eigenvalue weighted by atomic mass is 16.6. The number of H-pyrrole nitrogens is 1. The molecule has 2 heterocycles. The molecular weight excluding hydrogens is 258 g/mol. The first-order chi connectivity index (χ1) is 9.08. The van der Waals surface area contributed by atoms with Gasteiger partial charge in [-0.05, 0) is 0 Å². The van der Waals surface area contributed by atoms with E-state index >= 15 is 0 Å². The average Bonchev–Trinajstić information content (AvgIpc) is 2.97. The summed E-state index contributed by atoms with van der Waals surface area (Å²) in [7, 11) is 0. The van der Waals surface area contributed by atoms with Gasteiger partial charge in [0, 0.05) is 6.54 Å². The molecule has 11 heteroatoms. The van der Waals surface area contributed by atoms with E-state index < -0.39 is 9.85 Å². The summed E-state index contributed by atoms with van der Waals surface area (Å²) < 4.78 is 1.37. The van der Waals surface area contributed by atoms with Gasteiger partial charge in [-0.3, -0.25) is 30.0 Å². The van der Waals surface area contributed by atoms with Gasteiger partial charge in [0.15, 0.2) is 0 Å². The zero-order chi connectivity index (χ0) is 13.8. The Bertz CT molecular complexity index is 604. The third kappa shape index (κ3) is 2.83. The fraction of sp³-hybridized carbons (Fsp3) is 0.250. The topological polar surface area (TPSA) is 145 Å². The molecule has 0 spiro atoms. The average molecular weight is 267 g/mol. The molecule has 0 aromatic carbocycles. The third-order valence-corrected chi connectivity index (χ3v) is 2.29. The van der Waals surface area contributed by atoms with Crippen molar-refractivity contribution in [3.05, 3.63) is 38.8 Å². The van der Waals surface area contributed by atoms with Gasteiger partial charge >= 0.3 is 11.4 Å². The summed E-state index contributed by atoms with van der Waals surface area (Å²) >= 11 is 0. The highest BCUT2D eigenvalue weighted by Crippen LogP contribution is 2.19. The normalized spacial score (nSPS) is 10.3. The molecular formula is C8H9N7O4. The first-order valence-electron chi connectivity index (χ1n) is 5.16. The fourth-order valence-electron chi connectivity index (χ4n) is 1.41. The highest BCUT2D eigenvalue weighted by Gasteiger charge is 2.15. The Labute approximate surface area is 105 Å². The Hall–Kier alpha value is -2.98. The Morgan fingerprint density at radius 1 is 1.32 bits per heavy atom. The maximum atomic E-state index is 10.6. The van der Waals surface area contributed by atoms with Crippen molar-refractivity contribution < 1.29 is 9.85 Å². The van der Waals surface area contributed by atoms with Crippen LogP contribution in [0.1, 0.15) is 0 Å². The number of hydrogen-bond acceptors (Lipinski definition) is 7. The molecule has 0 saturated heterocycles. The number of nitrogens with one attached hydrogen (secondary N) is 2. The smallest absolute Gasteiger partial charge is 0.330 e. The summed E-state index contributed by atoms with van der Waals surface area (Å²) in [6.45, 7) is 0.631. The number of aromatic amines is 1. The van der Waals surface area contributed by atoms with Crippen LogP contribution in [0.3, 0.4) is 0 Å². The lowest BCUT2D eigenvalue weighted by Gasteiger charge is -2.02. The quantitative estimate of drug-likeness (QED) is 0.573. The molecule has 2 rings (SSSR count). The molecule has 0 atom stereocenters. The molecule has 0 aliphatic carbocycles. The highest BCUT2D eigenvalue weighted by molar-refractivity contribution is 5.53. The first kappa shape index (κ1) is 12.5. The van der Waals surface area contributed by atoms with Gasteiger partial charge in [0.2, 0.25) is 5.82 Å². The van der Waals surface area contributed by atoms with E-state index in [0.717, 1.165) is 12.4 Å². The Morgan fingerprint density at radius 2 is 2.11 bits per heavy atom. The van der Waals surface area contributed by atoms with Crippen LogP contribution in [-0.2, 0) is 6.54 Å².